The molecule has 0 aliphatic carbocycles. The predicted octanol–water partition coefficient (Wildman–Crippen LogP) is 1.24. The third-order valence-electron chi connectivity index (χ3n) is 4.79. The number of carboxylic acid groups (broad SMARTS) is 1. The molecular formula is C17H20N6O3. The van der Waals surface area contributed by atoms with Crippen molar-refractivity contribution >= 4 is 22.7 Å². The lowest BCUT2D eigenvalue weighted by atomic mass is 10.1. The molecule has 3 aromatic rings. The van der Waals surface area contributed by atoms with E-state index < -0.39 is 12.1 Å². The second-order valence-electron chi connectivity index (χ2n) is 6.61. The second-order valence-corrected chi connectivity index (χ2v) is 6.61. The molecule has 9 nitrogen and oxygen atoms in total. The van der Waals surface area contributed by atoms with Gasteiger partial charge in [-0.05, 0) is 19.9 Å². The van der Waals surface area contributed by atoms with Gasteiger partial charge in [0.2, 0.25) is 0 Å². The number of hydrogen-bond donors (Lipinski definition) is 2. The average molecular weight is 356 g/mol. The summed E-state index contributed by atoms with van der Waals surface area (Å²) in [6, 6.07) is 1.87. The number of aliphatic hydroxyl groups excluding tert-OH is 1. The lowest BCUT2D eigenvalue weighted by Crippen LogP contribution is -2.35. The van der Waals surface area contributed by atoms with Crippen LogP contribution in [0.15, 0.2) is 12.3 Å². The number of aromatic carboxylic acids is 1. The SMILES string of the molecule is Cc1nn(C)c2ncc(C(=O)O)c(N3CCn4nc(C(C)O)cc4C3)c12. The van der Waals surface area contributed by atoms with Crippen LogP contribution in [0.25, 0.3) is 11.0 Å². The van der Waals surface area contributed by atoms with Crippen molar-refractivity contribution in [1.82, 2.24) is 24.5 Å². The molecule has 9 heteroatoms. The number of nitrogens with zero attached hydrogens (tertiary/aromatic N) is 6. The summed E-state index contributed by atoms with van der Waals surface area (Å²) in [5, 5.41) is 29.0. The fourth-order valence-corrected chi connectivity index (χ4v) is 3.56. The van der Waals surface area contributed by atoms with Crippen molar-refractivity contribution in [2.75, 3.05) is 11.4 Å². The molecule has 0 fully saturated rings. The Morgan fingerprint density at radius 3 is 2.77 bits per heavy atom. The number of carbonyl (C=O) groups is 1. The van der Waals surface area contributed by atoms with E-state index in [1.54, 1.807) is 18.7 Å². The van der Waals surface area contributed by atoms with Gasteiger partial charge < -0.3 is 15.1 Å². The summed E-state index contributed by atoms with van der Waals surface area (Å²) in [6.45, 7) is 5.28. The largest absolute Gasteiger partial charge is 0.478 e. The summed E-state index contributed by atoms with van der Waals surface area (Å²) in [7, 11) is 1.80. The number of aliphatic hydroxyl groups is 1. The van der Waals surface area contributed by atoms with E-state index in [0.717, 1.165) is 16.8 Å². The molecule has 2 N–H and O–H groups in total. The topological polar surface area (TPSA) is 109 Å². The first-order valence-corrected chi connectivity index (χ1v) is 8.42. The van der Waals surface area contributed by atoms with Crippen LogP contribution >= 0.6 is 0 Å². The lowest BCUT2D eigenvalue weighted by molar-refractivity contribution is 0.0697. The maximum atomic E-state index is 11.8. The normalized spacial score (nSPS) is 15.3. The first-order valence-electron chi connectivity index (χ1n) is 8.42. The van der Waals surface area contributed by atoms with Gasteiger partial charge in [-0.25, -0.2) is 9.78 Å². The number of pyridine rings is 1. The summed E-state index contributed by atoms with van der Waals surface area (Å²) in [5.74, 6) is -1.01. The Labute approximate surface area is 149 Å². The van der Waals surface area contributed by atoms with Crippen molar-refractivity contribution in [2.24, 2.45) is 7.05 Å². The molecule has 1 aliphatic rings. The fraction of sp³-hybridized carbons (Fsp3) is 0.412. The Morgan fingerprint density at radius 2 is 2.08 bits per heavy atom. The van der Waals surface area contributed by atoms with Crippen molar-refractivity contribution in [1.29, 1.82) is 0 Å². The summed E-state index contributed by atoms with van der Waals surface area (Å²) in [5.41, 5.74) is 3.77. The van der Waals surface area contributed by atoms with Crippen molar-refractivity contribution in [3.8, 4) is 0 Å². The number of rotatable bonds is 3. The second kappa shape index (κ2) is 5.80. The molecule has 3 aromatic heterocycles. The first kappa shape index (κ1) is 16.5. The van der Waals surface area contributed by atoms with Gasteiger partial charge in [0.25, 0.3) is 0 Å². The van der Waals surface area contributed by atoms with Gasteiger partial charge in [0.15, 0.2) is 5.65 Å². The molecule has 1 aliphatic heterocycles. The molecule has 0 aromatic carbocycles. The van der Waals surface area contributed by atoms with Crippen LogP contribution in [0.2, 0.25) is 0 Å². The summed E-state index contributed by atoms with van der Waals surface area (Å²) < 4.78 is 3.53. The van der Waals surface area contributed by atoms with E-state index >= 15 is 0 Å². The Balaban J connectivity index is 1.85. The number of fused-ring (bicyclic) bond motifs is 2. The molecule has 0 radical (unpaired) electrons. The van der Waals surface area contributed by atoms with Crippen molar-refractivity contribution < 1.29 is 15.0 Å². The number of carboxylic acids is 1. The molecule has 0 saturated carbocycles. The highest BCUT2D eigenvalue weighted by Gasteiger charge is 2.27. The van der Waals surface area contributed by atoms with Crippen LogP contribution in [-0.4, -0.2) is 47.3 Å². The molecule has 4 heterocycles. The van der Waals surface area contributed by atoms with Crippen LogP contribution in [0.3, 0.4) is 0 Å². The third kappa shape index (κ3) is 2.43. The third-order valence-corrected chi connectivity index (χ3v) is 4.79. The number of hydrogen-bond acceptors (Lipinski definition) is 6. The summed E-state index contributed by atoms with van der Waals surface area (Å²) in [4.78, 5) is 18.1. The zero-order valence-corrected chi connectivity index (χ0v) is 14.8. The number of aryl methyl sites for hydroxylation is 2. The van der Waals surface area contributed by atoms with Crippen LogP contribution in [-0.2, 0) is 20.1 Å². The van der Waals surface area contributed by atoms with Crippen LogP contribution in [0.5, 0.6) is 0 Å². The number of anilines is 1. The summed E-state index contributed by atoms with van der Waals surface area (Å²) in [6.07, 6.45) is 0.762. The Bertz CT molecular complexity index is 1020. The summed E-state index contributed by atoms with van der Waals surface area (Å²) >= 11 is 0. The van der Waals surface area contributed by atoms with E-state index in [-0.39, 0.29) is 5.56 Å². The van der Waals surface area contributed by atoms with Gasteiger partial charge in [-0.15, -0.1) is 0 Å². The minimum Gasteiger partial charge on any atom is -0.478 e. The molecule has 0 spiro atoms. The first-order chi connectivity index (χ1) is 12.4. The zero-order valence-electron chi connectivity index (χ0n) is 14.8. The van der Waals surface area contributed by atoms with Crippen LogP contribution < -0.4 is 4.90 Å². The predicted molar refractivity (Wildman–Crippen MR) is 94.1 cm³/mol. The van der Waals surface area contributed by atoms with E-state index in [2.05, 4.69) is 15.2 Å². The van der Waals surface area contributed by atoms with E-state index in [1.807, 2.05) is 22.6 Å². The van der Waals surface area contributed by atoms with E-state index in [4.69, 9.17) is 0 Å². The molecule has 1 unspecified atom stereocenters. The quantitative estimate of drug-likeness (QED) is 0.727. The Morgan fingerprint density at radius 1 is 1.31 bits per heavy atom. The van der Waals surface area contributed by atoms with Crippen molar-refractivity contribution in [3.05, 3.63) is 34.9 Å². The minimum absolute atomic E-state index is 0.164. The lowest BCUT2D eigenvalue weighted by Gasteiger charge is -2.31. The highest BCUT2D eigenvalue weighted by Crippen LogP contribution is 2.34. The van der Waals surface area contributed by atoms with Gasteiger partial charge in [0.05, 0.1) is 47.3 Å². The van der Waals surface area contributed by atoms with Gasteiger partial charge in [0, 0.05) is 19.8 Å². The molecule has 0 bridgehead atoms. The molecular weight excluding hydrogens is 336 g/mol. The maximum Gasteiger partial charge on any atom is 0.339 e. The van der Waals surface area contributed by atoms with Gasteiger partial charge in [-0.1, -0.05) is 0 Å². The minimum atomic E-state index is -1.01. The van der Waals surface area contributed by atoms with Gasteiger partial charge in [0.1, 0.15) is 5.56 Å². The smallest absolute Gasteiger partial charge is 0.339 e. The number of aromatic nitrogens is 5. The zero-order chi connectivity index (χ0) is 18.6. The van der Waals surface area contributed by atoms with Gasteiger partial charge in [-0.3, -0.25) is 9.36 Å². The van der Waals surface area contributed by atoms with E-state index in [0.29, 0.717) is 36.7 Å². The monoisotopic (exact) mass is 356 g/mol. The highest BCUT2D eigenvalue weighted by molar-refractivity contribution is 6.04. The fourth-order valence-electron chi connectivity index (χ4n) is 3.56. The highest BCUT2D eigenvalue weighted by atomic mass is 16.4. The maximum absolute atomic E-state index is 11.8. The average Bonchev–Trinajstić information content (AvgIpc) is 3.15. The molecule has 0 saturated heterocycles. The van der Waals surface area contributed by atoms with E-state index in [9.17, 15) is 15.0 Å². The molecule has 0 amide bonds. The van der Waals surface area contributed by atoms with Crippen LogP contribution in [0, 0.1) is 6.92 Å². The molecule has 26 heavy (non-hydrogen) atoms. The van der Waals surface area contributed by atoms with Crippen LogP contribution in [0.4, 0.5) is 5.69 Å². The molecule has 136 valence electrons. The Hall–Kier alpha value is -2.94. The van der Waals surface area contributed by atoms with Crippen molar-refractivity contribution in [3.63, 3.8) is 0 Å². The van der Waals surface area contributed by atoms with Gasteiger partial charge in [-0.2, -0.15) is 10.2 Å². The van der Waals surface area contributed by atoms with Crippen molar-refractivity contribution in [2.45, 2.75) is 33.0 Å². The van der Waals surface area contributed by atoms with E-state index in [1.165, 1.54) is 6.20 Å². The Kier molecular flexibility index (Phi) is 3.69. The van der Waals surface area contributed by atoms with Crippen LogP contribution in [0.1, 0.15) is 40.5 Å². The molecule has 1 atom stereocenters. The van der Waals surface area contributed by atoms with Gasteiger partial charge >= 0.3 is 5.97 Å². The standard InChI is InChI=1S/C17H20N6O3/c1-9-14-15(12(17(25)26)7-18-16(14)21(3)19-9)22-4-5-23-11(8-22)6-13(20-23)10(2)24/h6-7,10,24H,4-5,8H2,1-3H3,(H,25,26). The molecule has 4 rings (SSSR count).